The molecule has 1 fully saturated rings. The standard InChI is InChI=1S/C22H26BFN2O4/c1-21(2)22(3,4)30-23(29-21)17(12-19-11-10-18(24)14-25-19)13-26-20(27)28-15-16-8-6-5-7-9-16/h5-12,14H,13,15H2,1-4H3,(H,26,27). The molecule has 0 spiro atoms. The van der Waals surface area contributed by atoms with Crippen LogP contribution in [0.15, 0.2) is 54.1 Å². The molecule has 1 N–H and O–H groups in total. The largest absolute Gasteiger partial charge is 0.492 e. The maximum Gasteiger partial charge on any atom is 0.492 e. The second-order valence-electron chi connectivity index (χ2n) is 8.12. The van der Waals surface area contributed by atoms with Crippen LogP contribution in [0.5, 0.6) is 0 Å². The molecule has 0 radical (unpaired) electrons. The van der Waals surface area contributed by atoms with Crippen molar-refractivity contribution >= 4 is 19.3 Å². The van der Waals surface area contributed by atoms with E-state index in [4.69, 9.17) is 14.0 Å². The summed E-state index contributed by atoms with van der Waals surface area (Å²) in [4.78, 5) is 16.2. The van der Waals surface area contributed by atoms with Crippen LogP contribution in [0.4, 0.5) is 9.18 Å². The van der Waals surface area contributed by atoms with Gasteiger partial charge in [-0.05, 0) is 56.9 Å². The molecular weight excluding hydrogens is 386 g/mol. The monoisotopic (exact) mass is 412 g/mol. The predicted octanol–water partition coefficient (Wildman–Crippen LogP) is 4.16. The fraction of sp³-hybridized carbons (Fsp3) is 0.364. The summed E-state index contributed by atoms with van der Waals surface area (Å²) in [6, 6.07) is 12.3. The van der Waals surface area contributed by atoms with Crippen molar-refractivity contribution in [2.45, 2.75) is 45.5 Å². The number of pyridine rings is 1. The number of hydrogen-bond donors (Lipinski definition) is 1. The van der Waals surface area contributed by atoms with Crippen LogP contribution in [0.1, 0.15) is 39.0 Å². The molecule has 1 aromatic carbocycles. The van der Waals surface area contributed by atoms with Crippen LogP contribution < -0.4 is 5.32 Å². The number of hydrogen-bond acceptors (Lipinski definition) is 5. The second kappa shape index (κ2) is 8.98. The highest BCUT2D eigenvalue weighted by Gasteiger charge is 2.52. The average Bonchev–Trinajstić information content (AvgIpc) is 2.93. The molecule has 0 aliphatic carbocycles. The molecule has 0 atom stereocenters. The van der Waals surface area contributed by atoms with E-state index in [-0.39, 0.29) is 13.2 Å². The zero-order valence-electron chi connectivity index (χ0n) is 17.6. The van der Waals surface area contributed by atoms with Gasteiger partial charge in [0.1, 0.15) is 12.4 Å². The maximum absolute atomic E-state index is 13.2. The van der Waals surface area contributed by atoms with Crippen molar-refractivity contribution in [1.29, 1.82) is 0 Å². The van der Waals surface area contributed by atoms with Crippen LogP contribution in [0, 0.1) is 5.82 Å². The van der Waals surface area contributed by atoms with Crippen molar-refractivity contribution < 1.29 is 23.2 Å². The Balaban J connectivity index is 1.70. The molecule has 1 aromatic heterocycles. The Labute approximate surface area is 176 Å². The van der Waals surface area contributed by atoms with Gasteiger partial charge < -0.3 is 19.4 Å². The Kier molecular flexibility index (Phi) is 6.58. The molecule has 3 rings (SSSR count). The second-order valence-corrected chi connectivity index (χ2v) is 8.12. The Hall–Kier alpha value is -2.71. The fourth-order valence-corrected chi connectivity index (χ4v) is 2.81. The van der Waals surface area contributed by atoms with Crippen LogP contribution in [0.2, 0.25) is 0 Å². The first kappa shape index (κ1) is 22.0. The van der Waals surface area contributed by atoms with Gasteiger partial charge in [-0.1, -0.05) is 30.3 Å². The molecular formula is C22H26BFN2O4. The average molecular weight is 412 g/mol. The number of alkyl carbamates (subject to hydrolysis) is 1. The third kappa shape index (κ3) is 5.46. The highest BCUT2D eigenvalue weighted by Crippen LogP contribution is 2.38. The summed E-state index contributed by atoms with van der Waals surface area (Å²) in [7, 11) is -0.684. The van der Waals surface area contributed by atoms with E-state index in [0.29, 0.717) is 11.2 Å². The molecule has 2 heterocycles. The number of nitrogens with one attached hydrogen (secondary N) is 1. The van der Waals surface area contributed by atoms with E-state index in [9.17, 15) is 9.18 Å². The predicted molar refractivity (Wildman–Crippen MR) is 113 cm³/mol. The zero-order chi connectivity index (χ0) is 21.8. The summed E-state index contributed by atoms with van der Waals surface area (Å²) < 4.78 is 30.7. The van der Waals surface area contributed by atoms with Crippen molar-refractivity contribution in [1.82, 2.24) is 10.3 Å². The number of ether oxygens (including phenoxy) is 1. The summed E-state index contributed by atoms with van der Waals surface area (Å²) >= 11 is 0. The van der Waals surface area contributed by atoms with E-state index in [1.807, 2.05) is 58.0 Å². The number of rotatable bonds is 6. The first-order chi connectivity index (χ1) is 14.2. The van der Waals surface area contributed by atoms with Crippen LogP contribution >= 0.6 is 0 Å². The molecule has 2 aromatic rings. The topological polar surface area (TPSA) is 69.7 Å². The van der Waals surface area contributed by atoms with Gasteiger partial charge >= 0.3 is 13.2 Å². The molecule has 6 nitrogen and oxygen atoms in total. The highest BCUT2D eigenvalue weighted by molar-refractivity contribution is 6.56. The lowest BCUT2D eigenvalue weighted by atomic mass is 9.77. The molecule has 1 amide bonds. The van der Waals surface area contributed by atoms with Crippen LogP contribution in [-0.4, -0.2) is 35.9 Å². The minimum Gasteiger partial charge on any atom is -0.445 e. The third-order valence-corrected chi connectivity index (χ3v) is 5.29. The maximum atomic E-state index is 13.2. The van der Waals surface area contributed by atoms with E-state index in [1.54, 1.807) is 12.1 Å². The van der Waals surface area contributed by atoms with E-state index >= 15 is 0 Å². The fourth-order valence-electron chi connectivity index (χ4n) is 2.81. The summed E-state index contributed by atoms with van der Waals surface area (Å²) in [6.07, 6.45) is 2.29. The van der Waals surface area contributed by atoms with Gasteiger partial charge in [0, 0.05) is 6.54 Å². The Morgan fingerprint density at radius 1 is 1.13 bits per heavy atom. The Morgan fingerprint density at radius 2 is 1.80 bits per heavy atom. The van der Waals surface area contributed by atoms with E-state index < -0.39 is 30.2 Å². The number of nitrogens with zero attached hydrogens (tertiary/aromatic N) is 1. The van der Waals surface area contributed by atoms with Gasteiger partial charge in [0.05, 0.1) is 23.1 Å². The van der Waals surface area contributed by atoms with E-state index in [0.717, 1.165) is 11.8 Å². The van der Waals surface area contributed by atoms with Gasteiger partial charge in [-0.2, -0.15) is 0 Å². The van der Waals surface area contributed by atoms with Crippen LogP contribution in [-0.2, 0) is 20.7 Å². The lowest BCUT2D eigenvalue weighted by molar-refractivity contribution is 0.00578. The summed E-state index contributed by atoms with van der Waals surface area (Å²) in [5.41, 5.74) is 0.983. The van der Waals surface area contributed by atoms with Crippen molar-refractivity contribution in [3.8, 4) is 0 Å². The first-order valence-electron chi connectivity index (χ1n) is 9.78. The van der Waals surface area contributed by atoms with Crippen molar-refractivity contribution in [2.24, 2.45) is 0 Å². The molecule has 158 valence electrons. The number of aromatic nitrogens is 1. The molecule has 30 heavy (non-hydrogen) atoms. The van der Waals surface area contributed by atoms with Gasteiger partial charge in [0.25, 0.3) is 0 Å². The number of carbonyl (C=O) groups is 1. The highest BCUT2D eigenvalue weighted by atomic mass is 19.1. The molecule has 8 heteroatoms. The molecule has 0 unspecified atom stereocenters. The van der Waals surface area contributed by atoms with Gasteiger partial charge in [0.15, 0.2) is 0 Å². The van der Waals surface area contributed by atoms with Crippen molar-refractivity contribution in [3.63, 3.8) is 0 Å². The SMILES string of the molecule is CC1(C)OB(C(=Cc2ccc(F)cn2)CNC(=O)OCc2ccccc2)OC1(C)C. The number of halogens is 1. The number of benzene rings is 1. The molecule has 0 saturated carbocycles. The summed E-state index contributed by atoms with van der Waals surface area (Å²) in [6.45, 7) is 8.08. The van der Waals surface area contributed by atoms with Crippen LogP contribution in [0.3, 0.4) is 0 Å². The normalized spacial score (nSPS) is 17.6. The van der Waals surface area contributed by atoms with Gasteiger partial charge in [-0.25, -0.2) is 9.18 Å². The van der Waals surface area contributed by atoms with Gasteiger partial charge in [-0.3, -0.25) is 4.98 Å². The summed E-state index contributed by atoms with van der Waals surface area (Å²) in [5, 5.41) is 2.72. The van der Waals surface area contributed by atoms with Crippen molar-refractivity contribution in [2.75, 3.05) is 6.54 Å². The molecule has 1 aliphatic heterocycles. The summed E-state index contributed by atoms with van der Waals surface area (Å²) in [5.74, 6) is -0.424. The zero-order valence-corrected chi connectivity index (χ0v) is 17.6. The quantitative estimate of drug-likeness (QED) is 0.722. The molecule has 1 aliphatic rings. The number of amides is 1. The Morgan fingerprint density at radius 3 is 2.40 bits per heavy atom. The van der Waals surface area contributed by atoms with Crippen molar-refractivity contribution in [3.05, 3.63) is 71.2 Å². The minimum absolute atomic E-state index is 0.128. The third-order valence-electron chi connectivity index (χ3n) is 5.29. The first-order valence-corrected chi connectivity index (χ1v) is 9.78. The minimum atomic E-state index is -0.684. The lowest BCUT2D eigenvalue weighted by Crippen LogP contribution is -2.41. The smallest absolute Gasteiger partial charge is 0.445 e. The number of carbonyl (C=O) groups excluding carboxylic acids is 1. The lowest BCUT2D eigenvalue weighted by Gasteiger charge is -2.32. The van der Waals surface area contributed by atoms with Gasteiger partial charge in [0.2, 0.25) is 0 Å². The van der Waals surface area contributed by atoms with E-state index in [2.05, 4.69) is 10.3 Å². The Bertz CT molecular complexity index is 885. The molecule has 0 bridgehead atoms. The molecule has 1 saturated heterocycles. The van der Waals surface area contributed by atoms with Crippen LogP contribution in [0.25, 0.3) is 6.08 Å². The van der Waals surface area contributed by atoms with Gasteiger partial charge in [-0.15, -0.1) is 0 Å². The van der Waals surface area contributed by atoms with E-state index in [1.165, 1.54) is 6.07 Å².